The average Bonchev–Trinajstić information content (AvgIpc) is 2.83. The van der Waals surface area contributed by atoms with Gasteiger partial charge in [0, 0.05) is 5.69 Å². The molecule has 198 valence electrons. The zero-order chi connectivity index (χ0) is 27.0. The number of alkyl halides is 3. The summed E-state index contributed by atoms with van der Waals surface area (Å²) in [4.78, 5) is 25.2. The SMILES string of the molecule is COC(=O)[C@@H](CCCCN[C@H](CO)c1ccc(F)cc1)N(C(=O)C(F)(F)F)c1cc(C)c(F)c(C)c1. The number of nitrogens with one attached hydrogen (secondary N) is 1. The lowest BCUT2D eigenvalue weighted by Crippen LogP contribution is -2.51. The van der Waals surface area contributed by atoms with Crippen molar-refractivity contribution in [3.05, 3.63) is 64.7 Å². The Bertz CT molecular complexity index is 1020. The third kappa shape index (κ3) is 7.47. The first-order valence-electron chi connectivity index (χ1n) is 11.2. The highest BCUT2D eigenvalue weighted by Crippen LogP contribution is 2.30. The molecule has 6 nitrogen and oxygen atoms in total. The number of methoxy groups -OCH3 is 1. The molecule has 2 aromatic rings. The molecule has 1 amide bonds. The van der Waals surface area contributed by atoms with Crippen LogP contribution in [0.25, 0.3) is 0 Å². The van der Waals surface area contributed by atoms with Crippen LogP contribution >= 0.6 is 0 Å². The van der Waals surface area contributed by atoms with Gasteiger partial charge in [-0.15, -0.1) is 0 Å². The minimum atomic E-state index is -5.28. The summed E-state index contributed by atoms with van der Waals surface area (Å²) >= 11 is 0. The summed E-state index contributed by atoms with van der Waals surface area (Å²) in [7, 11) is 1.00. The van der Waals surface area contributed by atoms with Crippen LogP contribution in [0.5, 0.6) is 0 Å². The standard InChI is InChI=1S/C25H29F5N2O4/c1-15-12-19(13-16(2)22(15)27)32(24(35)25(28,29)30)21(23(34)36-3)6-4-5-11-31-20(14-33)17-7-9-18(26)10-8-17/h7-10,12-13,20-21,31,33H,4-6,11,14H2,1-3H3/t20-,21-/m1/s1. The Morgan fingerprint density at radius 2 is 1.64 bits per heavy atom. The number of carbonyl (C=O) groups excluding carboxylic acids is 2. The molecule has 0 aromatic heterocycles. The number of benzene rings is 2. The lowest BCUT2D eigenvalue weighted by Gasteiger charge is -2.31. The van der Waals surface area contributed by atoms with E-state index in [1.807, 2.05) is 0 Å². The number of amides is 1. The topological polar surface area (TPSA) is 78.9 Å². The summed E-state index contributed by atoms with van der Waals surface area (Å²) in [6.45, 7) is 2.74. The van der Waals surface area contributed by atoms with Gasteiger partial charge in [0.15, 0.2) is 0 Å². The molecule has 2 aromatic carbocycles. The van der Waals surface area contributed by atoms with E-state index in [0.717, 1.165) is 19.2 Å². The Morgan fingerprint density at radius 3 is 2.14 bits per heavy atom. The van der Waals surface area contributed by atoms with Crippen LogP contribution in [0, 0.1) is 25.5 Å². The van der Waals surface area contributed by atoms with Crippen molar-refractivity contribution in [1.82, 2.24) is 5.32 Å². The molecule has 0 bridgehead atoms. The largest absolute Gasteiger partial charge is 0.471 e. The first-order valence-corrected chi connectivity index (χ1v) is 11.2. The van der Waals surface area contributed by atoms with Gasteiger partial charge in [-0.3, -0.25) is 9.69 Å². The molecule has 0 saturated heterocycles. The van der Waals surface area contributed by atoms with Gasteiger partial charge in [0.2, 0.25) is 0 Å². The van der Waals surface area contributed by atoms with Gasteiger partial charge >= 0.3 is 18.1 Å². The molecule has 36 heavy (non-hydrogen) atoms. The Morgan fingerprint density at radius 1 is 1.06 bits per heavy atom. The number of hydrogen-bond donors (Lipinski definition) is 2. The molecule has 0 radical (unpaired) electrons. The Balaban J connectivity index is 2.18. The number of aliphatic hydroxyl groups is 1. The lowest BCUT2D eigenvalue weighted by molar-refractivity contribution is -0.172. The van der Waals surface area contributed by atoms with E-state index >= 15 is 0 Å². The third-order valence-corrected chi connectivity index (χ3v) is 5.70. The maximum atomic E-state index is 14.1. The molecule has 2 atom stereocenters. The van der Waals surface area contributed by atoms with Crippen LogP contribution in [0.1, 0.15) is 42.0 Å². The molecule has 0 aliphatic carbocycles. The number of aliphatic hydroxyl groups excluding tert-OH is 1. The number of halogens is 5. The minimum Gasteiger partial charge on any atom is -0.467 e. The van der Waals surface area contributed by atoms with Crippen LogP contribution in [0.15, 0.2) is 36.4 Å². The zero-order valence-electron chi connectivity index (χ0n) is 20.2. The molecule has 2 N–H and O–H groups in total. The molecule has 0 unspecified atom stereocenters. The second-order valence-electron chi connectivity index (χ2n) is 8.34. The van der Waals surface area contributed by atoms with Gasteiger partial charge in [-0.25, -0.2) is 13.6 Å². The molecule has 0 aliphatic heterocycles. The second kappa shape index (κ2) is 12.8. The number of aryl methyl sites for hydroxylation is 2. The predicted octanol–water partition coefficient (Wildman–Crippen LogP) is 4.51. The quantitative estimate of drug-likeness (QED) is 0.261. The van der Waals surface area contributed by atoms with Gasteiger partial charge in [0.25, 0.3) is 0 Å². The van der Waals surface area contributed by atoms with E-state index in [9.17, 15) is 36.6 Å². The summed E-state index contributed by atoms with van der Waals surface area (Å²) in [6.07, 6.45) is -4.85. The maximum absolute atomic E-state index is 14.1. The molecule has 0 spiro atoms. The van der Waals surface area contributed by atoms with Gasteiger partial charge in [0.1, 0.15) is 17.7 Å². The van der Waals surface area contributed by atoms with Crippen molar-refractivity contribution in [2.24, 2.45) is 0 Å². The minimum absolute atomic E-state index is 0.0219. The van der Waals surface area contributed by atoms with Gasteiger partial charge in [-0.1, -0.05) is 12.1 Å². The number of rotatable bonds is 11. The van der Waals surface area contributed by atoms with Crippen molar-refractivity contribution in [3.63, 3.8) is 0 Å². The van der Waals surface area contributed by atoms with Crippen molar-refractivity contribution >= 4 is 17.6 Å². The number of ether oxygens (including phenoxy) is 1. The molecule has 0 aliphatic rings. The van der Waals surface area contributed by atoms with E-state index in [1.165, 1.54) is 38.1 Å². The summed E-state index contributed by atoms with van der Waals surface area (Å²) in [5.74, 6) is -4.36. The van der Waals surface area contributed by atoms with Gasteiger partial charge in [-0.2, -0.15) is 13.2 Å². The Labute approximate surface area is 206 Å². The second-order valence-corrected chi connectivity index (χ2v) is 8.34. The summed E-state index contributed by atoms with van der Waals surface area (Å²) < 4.78 is 72.3. The van der Waals surface area contributed by atoms with Crippen molar-refractivity contribution < 1.29 is 41.4 Å². The average molecular weight is 517 g/mol. The molecule has 11 heteroatoms. The van der Waals surface area contributed by atoms with Crippen LogP contribution < -0.4 is 10.2 Å². The fourth-order valence-electron chi connectivity index (χ4n) is 3.85. The molecule has 0 fully saturated rings. The van der Waals surface area contributed by atoms with E-state index < -0.39 is 41.8 Å². The fraction of sp³-hybridized carbons (Fsp3) is 0.440. The lowest BCUT2D eigenvalue weighted by atomic mass is 10.0. The van der Waals surface area contributed by atoms with Crippen LogP contribution in [0.3, 0.4) is 0 Å². The van der Waals surface area contributed by atoms with Crippen molar-refractivity contribution in [2.75, 3.05) is 25.2 Å². The number of unbranched alkanes of at least 4 members (excludes halogenated alkanes) is 1. The summed E-state index contributed by atoms with van der Waals surface area (Å²) in [6, 6.07) is 5.62. The van der Waals surface area contributed by atoms with Crippen LogP contribution in [0.4, 0.5) is 27.6 Å². The number of esters is 1. The van der Waals surface area contributed by atoms with E-state index in [0.29, 0.717) is 23.4 Å². The highest BCUT2D eigenvalue weighted by atomic mass is 19.4. The maximum Gasteiger partial charge on any atom is 0.471 e. The first-order chi connectivity index (χ1) is 16.9. The Hall–Kier alpha value is -3.05. The normalized spacial score (nSPS) is 13.2. The van der Waals surface area contributed by atoms with Crippen molar-refractivity contribution in [3.8, 4) is 0 Å². The number of hydrogen-bond acceptors (Lipinski definition) is 5. The first kappa shape index (κ1) is 29.2. The van der Waals surface area contributed by atoms with Gasteiger partial charge in [0.05, 0.1) is 19.8 Å². The molecular formula is C25H29F5N2O4. The van der Waals surface area contributed by atoms with Crippen LogP contribution in [-0.4, -0.2) is 49.5 Å². The molecular weight excluding hydrogens is 487 g/mol. The molecule has 0 saturated carbocycles. The molecule has 2 rings (SSSR count). The smallest absolute Gasteiger partial charge is 0.467 e. The monoisotopic (exact) mass is 516 g/mol. The van der Waals surface area contributed by atoms with E-state index in [2.05, 4.69) is 10.1 Å². The van der Waals surface area contributed by atoms with E-state index in [-0.39, 0.29) is 36.3 Å². The highest BCUT2D eigenvalue weighted by Gasteiger charge is 2.47. The van der Waals surface area contributed by atoms with Gasteiger partial charge < -0.3 is 15.2 Å². The number of anilines is 1. The van der Waals surface area contributed by atoms with Crippen molar-refractivity contribution in [1.29, 1.82) is 0 Å². The van der Waals surface area contributed by atoms with E-state index in [1.54, 1.807) is 0 Å². The predicted molar refractivity (Wildman–Crippen MR) is 123 cm³/mol. The highest BCUT2D eigenvalue weighted by molar-refractivity contribution is 6.02. The summed E-state index contributed by atoms with van der Waals surface area (Å²) in [5.41, 5.74) is 0.427. The van der Waals surface area contributed by atoms with Crippen LogP contribution in [-0.2, 0) is 14.3 Å². The number of carbonyl (C=O) groups is 2. The molecule has 0 heterocycles. The zero-order valence-corrected chi connectivity index (χ0v) is 20.2. The van der Waals surface area contributed by atoms with Gasteiger partial charge in [-0.05, 0) is 80.6 Å². The van der Waals surface area contributed by atoms with Crippen molar-refractivity contribution in [2.45, 2.75) is 51.4 Å². The van der Waals surface area contributed by atoms with E-state index in [4.69, 9.17) is 0 Å². The fourth-order valence-corrected chi connectivity index (χ4v) is 3.85. The Kier molecular flexibility index (Phi) is 10.4. The third-order valence-electron chi connectivity index (χ3n) is 5.70. The number of nitrogens with zero attached hydrogens (tertiary/aromatic N) is 1. The van der Waals surface area contributed by atoms with Crippen LogP contribution in [0.2, 0.25) is 0 Å². The summed E-state index contributed by atoms with van der Waals surface area (Å²) in [5, 5.41) is 12.7.